The Hall–Kier alpha value is -0.610. The average Bonchev–Trinajstić information content (AvgIpc) is 3.04. The minimum atomic E-state index is 0.135. The second kappa shape index (κ2) is 4.70. The fourth-order valence-electron chi connectivity index (χ4n) is 5.42. The van der Waals surface area contributed by atoms with E-state index in [1.165, 1.54) is 32.1 Å². The molecule has 4 heteroatoms. The number of nitrogens with two attached hydrogens (primary N) is 1. The summed E-state index contributed by atoms with van der Waals surface area (Å²) in [4.78, 5) is 17.6. The van der Waals surface area contributed by atoms with Gasteiger partial charge in [0.1, 0.15) is 0 Å². The van der Waals surface area contributed by atoms with Gasteiger partial charge in [0.2, 0.25) is 5.91 Å². The van der Waals surface area contributed by atoms with E-state index in [-0.39, 0.29) is 12.0 Å². The Kier molecular flexibility index (Phi) is 3.08. The van der Waals surface area contributed by atoms with E-state index in [1.807, 2.05) is 0 Å². The maximum atomic E-state index is 13.0. The summed E-state index contributed by atoms with van der Waals surface area (Å²) in [6.07, 6.45) is 7.41. The largest absolute Gasteiger partial charge is 0.341 e. The first-order valence-corrected chi connectivity index (χ1v) is 8.41. The van der Waals surface area contributed by atoms with Crippen LogP contribution in [0.2, 0.25) is 0 Å². The smallest absolute Gasteiger partial charge is 0.227 e. The van der Waals surface area contributed by atoms with Gasteiger partial charge in [0.05, 0.1) is 5.92 Å². The SMILES string of the molecule is CN1C2CCC1CN(C(=O)C1C3CCC(C3)C1N)CC2. The summed E-state index contributed by atoms with van der Waals surface area (Å²) in [6, 6.07) is 1.42. The summed E-state index contributed by atoms with van der Waals surface area (Å²) in [5.74, 6) is 1.72. The van der Waals surface area contributed by atoms with E-state index in [4.69, 9.17) is 5.73 Å². The average molecular weight is 277 g/mol. The van der Waals surface area contributed by atoms with Crippen molar-refractivity contribution in [2.75, 3.05) is 20.1 Å². The number of fused-ring (bicyclic) bond motifs is 4. The number of likely N-dealkylation sites (N-methyl/N-ethyl adjacent to an activating group) is 1. The molecule has 4 fully saturated rings. The molecule has 0 spiro atoms. The molecule has 4 rings (SSSR count). The summed E-state index contributed by atoms with van der Waals surface area (Å²) in [5.41, 5.74) is 6.36. The second-order valence-corrected chi connectivity index (χ2v) is 7.56. The molecule has 0 radical (unpaired) electrons. The van der Waals surface area contributed by atoms with Gasteiger partial charge in [0.25, 0.3) is 0 Å². The van der Waals surface area contributed by atoms with Gasteiger partial charge in [-0.3, -0.25) is 9.69 Å². The van der Waals surface area contributed by atoms with Gasteiger partial charge >= 0.3 is 0 Å². The Balaban J connectivity index is 1.49. The van der Waals surface area contributed by atoms with E-state index in [2.05, 4.69) is 16.8 Å². The van der Waals surface area contributed by atoms with E-state index in [9.17, 15) is 4.79 Å². The van der Waals surface area contributed by atoms with Crippen molar-refractivity contribution in [2.24, 2.45) is 23.5 Å². The highest BCUT2D eigenvalue weighted by atomic mass is 16.2. The molecule has 20 heavy (non-hydrogen) atoms. The molecule has 2 heterocycles. The third-order valence-corrected chi connectivity index (χ3v) is 6.73. The van der Waals surface area contributed by atoms with Crippen molar-refractivity contribution in [3.8, 4) is 0 Å². The molecule has 2 saturated heterocycles. The van der Waals surface area contributed by atoms with Crippen LogP contribution in [-0.2, 0) is 4.79 Å². The summed E-state index contributed by atoms with van der Waals surface area (Å²) < 4.78 is 0. The van der Waals surface area contributed by atoms with E-state index >= 15 is 0 Å². The topological polar surface area (TPSA) is 49.6 Å². The lowest BCUT2D eigenvalue weighted by Gasteiger charge is -2.33. The molecule has 6 unspecified atom stereocenters. The number of carbonyl (C=O) groups excluding carboxylic acids is 1. The third kappa shape index (κ3) is 1.84. The zero-order valence-corrected chi connectivity index (χ0v) is 12.5. The van der Waals surface area contributed by atoms with Crippen LogP contribution in [0.15, 0.2) is 0 Å². The van der Waals surface area contributed by atoms with E-state index < -0.39 is 0 Å². The quantitative estimate of drug-likeness (QED) is 0.779. The molecule has 4 aliphatic rings. The summed E-state index contributed by atoms with van der Waals surface area (Å²) in [7, 11) is 2.24. The van der Waals surface area contributed by atoms with Crippen LogP contribution in [0.4, 0.5) is 0 Å². The molecule has 4 bridgehead atoms. The second-order valence-electron chi connectivity index (χ2n) is 7.56. The molecular formula is C16H27N3O. The molecular weight excluding hydrogens is 250 g/mol. The Bertz CT molecular complexity index is 411. The van der Waals surface area contributed by atoms with E-state index in [0.717, 1.165) is 19.5 Å². The lowest BCUT2D eigenvalue weighted by Crippen LogP contribution is -2.49. The minimum Gasteiger partial charge on any atom is -0.341 e. The van der Waals surface area contributed by atoms with Gasteiger partial charge in [-0.05, 0) is 57.4 Å². The van der Waals surface area contributed by atoms with Crippen molar-refractivity contribution < 1.29 is 4.79 Å². The van der Waals surface area contributed by atoms with Gasteiger partial charge in [-0.15, -0.1) is 0 Å². The number of nitrogens with zero attached hydrogens (tertiary/aromatic N) is 2. The molecule has 2 N–H and O–H groups in total. The van der Waals surface area contributed by atoms with E-state index in [0.29, 0.717) is 29.8 Å². The Labute approximate surface area is 121 Å². The van der Waals surface area contributed by atoms with Crippen LogP contribution in [0.1, 0.15) is 38.5 Å². The van der Waals surface area contributed by atoms with E-state index in [1.54, 1.807) is 0 Å². The maximum absolute atomic E-state index is 13.0. The lowest BCUT2D eigenvalue weighted by atomic mass is 9.84. The Morgan fingerprint density at radius 3 is 2.55 bits per heavy atom. The number of hydrogen-bond donors (Lipinski definition) is 1. The third-order valence-electron chi connectivity index (χ3n) is 6.73. The molecule has 2 saturated carbocycles. The highest BCUT2D eigenvalue weighted by Gasteiger charge is 2.50. The molecule has 112 valence electrons. The summed E-state index contributed by atoms with van der Waals surface area (Å²) in [6.45, 7) is 1.89. The number of likely N-dealkylation sites (tertiary alicyclic amines) is 1. The van der Waals surface area contributed by atoms with Crippen molar-refractivity contribution in [2.45, 2.75) is 56.7 Å². The van der Waals surface area contributed by atoms with Crippen LogP contribution in [-0.4, -0.2) is 54.0 Å². The fourth-order valence-corrected chi connectivity index (χ4v) is 5.42. The molecule has 0 aromatic rings. The van der Waals surface area contributed by atoms with Crippen LogP contribution in [0, 0.1) is 17.8 Å². The normalized spacial score (nSPS) is 47.8. The van der Waals surface area contributed by atoms with Crippen molar-refractivity contribution in [3.63, 3.8) is 0 Å². The number of rotatable bonds is 1. The minimum absolute atomic E-state index is 0.135. The molecule has 0 aromatic carbocycles. The highest BCUT2D eigenvalue weighted by Crippen LogP contribution is 2.48. The van der Waals surface area contributed by atoms with Crippen LogP contribution >= 0.6 is 0 Å². The van der Waals surface area contributed by atoms with Crippen LogP contribution in [0.3, 0.4) is 0 Å². The number of carbonyl (C=O) groups is 1. The summed E-state index contributed by atoms with van der Waals surface area (Å²) in [5, 5.41) is 0. The first-order valence-electron chi connectivity index (χ1n) is 8.41. The summed E-state index contributed by atoms with van der Waals surface area (Å²) >= 11 is 0. The van der Waals surface area contributed by atoms with Crippen molar-refractivity contribution in [1.82, 2.24) is 9.80 Å². The van der Waals surface area contributed by atoms with Crippen molar-refractivity contribution >= 4 is 5.91 Å². The molecule has 1 amide bonds. The zero-order valence-electron chi connectivity index (χ0n) is 12.5. The van der Waals surface area contributed by atoms with Crippen LogP contribution < -0.4 is 5.73 Å². The standard InChI is InChI=1S/C16H27N3O/c1-18-12-4-5-13(18)9-19(7-6-12)16(20)14-10-2-3-11(8-10)15(14)17/h10-15H,2-9,17H2,1H3. The first-order chi connectivity index (χ1) is 9.65. The van der Waals surface area contributed by atoms with Crippen molar-refractivity contribution in [3.05, 3.63) is 0 Å². The van der Waals surface area contributed by atoms with Crippen LogP contribution in [0.5, 0.6) is 0 Å². The highest BCUT2D eigenvalue weighted by molar-refractivity contribution is 5.80. The van der Waals surface area contributed by atoms with Gasteiger partial charge in [0.15, 0.2) is 0 Å². The van der Waals surface area contributed by atoms with Crippen LogP contribution in [0.25, 0.3) is 0 Å². The first kappa shape index (κ1) is 13.1. The fraction of sp³-hybridized carbons (Fsp3) is 0.938. The molecule has 6 atom stereocenters. The molecule has 0 aromatic heterocycles. The van der Waals surface area contributed by atoms with Gasteiger partial charge in [-0.2, -0.15) is 0 Å². The number of amides is 1. The van der Waals surface area contributed by atoms with Gasteiger partial charge in [0, 0.05) is 31.2 Å². The monoisotopic (exact) mass is 277 g/mol. The predicted octanol–water partition coefficient (Wildman–Crippen LogP) is 1.05. The van der Waals surface area contributed by atoms with Gasteiger partial charge in [-0.25, -0.2) is 0 Å². The number of hydrogen-bond acceptors (Lipinski definition) is 3. The molecule has 2 aliphatic heterocycles. The lowest BCUT2D eigenvalue weighted by molar-refractivity contribution is -0.138. The van der Waals surface area contributed by atoms with Gasteiger partial charge < -0.3 is 10.6 Å². The molecule has 4 nitrogen and oxygen atoms in total. The van der Waals surface area contributed by atoms with Gasteiger partial charge in [-0.1, -0.05) is 0 Å². The Morgan fingerprint density at radius 1 is 1.05 bits per heavy atom. The Morgan fingerprint density at radius 2 is 1.80 bits per heavy atom. The zero-order chi connectivity index (χ0) is 13.9. The molecule has 2 aliphatic carbocycles. The predicted molar refractivity (Wildman–Crippen MR) is 78.1 cm³/mol. The maximum Gasteiger partial charge on any atom is 0.227 e. The van der Waals surface area contributed by atoms with Crippen molar-refractivity contribution in [1.29, 1.82) is 0 Å².